The Morgan fingerprint density at radius 1 is 1.00 bits per heavy atom. The maximum absolute atomic E-state index is 9.33. The lowest BCUT2D eigenvalue weighted by Crippen LogP contribution is -2.23. The zero-order valence-corrected chi connectivity index (χ0v) is 9.07. The maximum Gasteiger partial charge on any atom is 0.0704 e. The number of hydrogen-bond acceptors (Lipinski definition) is 2. The van der Waals surface area contributed by atoms with Crippen molar-refractivity contribution in [2.45, 2.75) is 38.8 Å². The van der Waals surface area contributed by atoms with Gasteiger partial charge in [-0.05, 0) is 24.0 Å². The first-order valence-electron chi connectivity index (χ1n) is 5.06. The minimum atomic E-state index is -0.500. The highest BCUT2D eigenvalue weighted by molar-refractivity contribution is 5.27. The summed E-state index contributed by atoms with van der Waals surface area (Å²) in [7, 11) is 0. The molecule has 0 saturated carbocycles. The number of rotatable bonds is 3. The zero-order valence-electron chi connectivity index (χ0n) is 9.07. The molecule has 2 heteroatoms. The molecule has 0 unspecified atom stereocenters. The quantitative estimate of drug-likeness (QED) is 0.773. The van der Waals surface area contributed by atoms with E-state index in [9.17, 15) is 5.11 Å². The van der Waals surface area contributed by atoms with Gasteiger partial charge in [-0.2, -0.15) is 0 Å². The van der Waals surface area contributed by atoms with Gasteiger partial charge in [0.1, 0.15) is 0 Å². The van der Waals surface area contributed by atoms with Crippen LogP contribution in [0, 0.1) is 0 Å². The van der Waals surface area contributed by atoms with Crippen LogP contribution in [0.15, 0.2) is 24.3 Å². The molecular weight excluding hydrogens is 174 g/mol. The van der Waals surface area contributed by atoms with Crippen molar-refractivity contribution in [3.8, 4) is 0 Å². The van der Waals surface area contributed by atoms with Gasteiger partial charge in [-0.15, -0.1) is 0 Å². The predicted octanol–water partition coefficient (Wildman–Crippen LogP) is 2.19. The highest BCUT2D eigenvalue weighted by Gasteiger charge is 2.11. The summed E-state index contributed by atoms with van der Waals surface area (Å²) < 4.78 is 0. The summed E-state index contributed by atoms with van der Waals surface area (Å²) in [5.74, 6) is 0.534. The Morgan fingerprint density at radius 2 is 1.43 bits per heavy atom. The van der Waals surface area contributed by atoms with Crippen LogP contribution in [-0.2, 0) is 0 Å². The van der Waals surface area contributed by atoms with E-state index < -0.39 is 6.10 Å². The summed E-state index contributed by atoms with van der Waals surface area (Å²) in [5.41, 5.74) is 8.10. The van der Waals surface area contributed by atoms with E-state index in [1.165, 1.54) is 5.56 Å². The van der Waals surface area contributed by atoms with Crippen LogP contribution in [0.3, 0.4) is 0 Å². The van der Waals surface area contributed by atoms with Gasteiger partial charge in [-0.25, -0.2) is 0 Å². The topological polar surface area (TPSA) is 46.2 Å². The van der Waals surface area contributed by atoms with Crippen molar-refractivity contribution in [2.75, 3.05) is 0 Å². The first-order chi connectivity index (χ1) is 6.52. The Balaban J connectivity index is 2.83. The number of aliphatic hydroxyl groups is 1. The minimum Gasteiger partial charge on any atom is -0.391 e. The van der Waals surface area contributed by atoms with Crippen molar-refractivity contribution < 1.29 is 5.11 Å². The van der Waals surface area contributed by atoms with E-state index in [2.05, 4.69) is 26.0 Å². The van der Waals surface area contributed by atoms with Crippen molar-refractivity contribution in [3.63, 3.8) is 0 Å². The Hall–Kier alpha value is -0.860. The van der Waals surface area contributed by atoms with Gasteiger partial charge in [0.25, 0.3) is 0 Å². The third kappa shape index (κ3) is 2.56. The van der Waals surface area contributed by atoms with Crippen molar-refractivity contribution >= 4 is 0 Å². The summed E-state index contributed by atoms with van der Waals surface area (Å²) in [4.78, 5) is 0. The normalized spacial score (nSPS) is 15.6. The van der Waals surface area contributed by atoms with Crippen LogP contribution in [0.25, 0.3) is 0 Å². The second kappa shape index (κ2) is 4.58. The van der Waals surface area contributed by atoms with E-state index in [1.807, 2.05) is 12.1 Å². The first-order valence-corrected chi connectivity index (χ1v) is 5.06. The molecule has 0 aromatic heterocycles. The van der Waals surface area contributed by atoms with Gasteiger partial charge < -0.3 is 10.8 Å². The smallest absolute Gasteiger partial charge is 0.0704 e. The molecule has 1 aromatic carbocycles. The third-order valence-electron chi connectivity index (χ3n) is 2.51. The fourth-order valence-electron chi connectivity index (χ4n) is 1.38. The Morgan fingerprint density at radius 3 is 1.79 bits per heavy atom. The average molecular weight is 193 g/mol. The summed E-state index contributed by atoms with van der Waals surface area (Å²) in [6, 6.07) is 7.85. The van der Waals surface area contributed by atoms with Crippen LogP contribution in [-0.4, -0.2) is 11.2 Å². The zero-order chi connectivity index (χ0) is 10.7. The van der Waals surface area contributed by atoms with Crippen LogP contribution < -0.4 is 5.73 Å². The summed E-state index contributed by atoms with van der Waals surface area (Å²) in [5, 5.41) is 9.33. The first kappa shape index (κ1) is 11.2. The van der Waals surface area contributed by atoms with E-state index in [0.717, 1.165) is 5.56 Å². The summed E-state index contributed by atoms with van der Waals surface area (Å²) >= 11 is 0. The Bertz CT molecular complexity index is 277. The van der Waals surface area contributed by atoms with E-state index in [-0.39, 0.29) is 6.04 Å². The van der Waals surface area contributed by atoms with Gasteiger partial charge in [-0.3, -0.25) is 0 Å². The molecule has 14 heavy (non-hydrogen) atoms. The van der Waals surface area contributed by atoms with Gasteiger partial charge in [0.05, 0.1) is 12.1 Å². The maximum atomic E-state index is 9.33. The fraction of sp³-hybridized carbons (Fsp3) is 0.500. The molecule has 1 aromatic rings. The number of benzene rings is 1. The molecule has 0 spiro atoms. The van der Waals surface area contributed by atoms with E-state index in [1.54, 1.807) is 6.92 Å². The lowest BCUT2D eigenvalue weighted by Gasteiger charge is -2.15. The summed E-state index contributed by atoms with van der Waals surface area (Å²) in [6.45, 7) is 6.02. The van der Waals surface area contributed by atoms with Crippen LogP contribution in [0.5, 0.6) is 0 Å². The largest absolute Gasteiger partial charge is 0.391 e. The van der Waals surface area contributed by atoms with Crippen LogP contribution in [0.2, 0.25) is 0 Å². The molecule has 3 N–H and O–H groups in total. The SMILES string of the molecule is CC(C)c1ccc([C@H](N)[C@H](C)O)cc1. The molecule has 0 aliphatic heterocycles. The molecule has 1 rings (SSSR count). The van der Waals surface area contributed by atoms with Crippen LogP contribution >= 0.6 is 0 Å². The monoisotopic (exact) mass is 193 g/mol. The average Bonchev–Trinajstić information content (AvgIpc) is 2.16. The number of nitrogens with two attached hydrogens (primary N) is 1. The fourth-order valence-corrected chi connectivity index (χ4v) is 1.38. The molecule has 0 bridgehead atoms. The van der Waals surface area contributed by atoms with E-state index >= 15 is 0 Å². The van der Waals surface area contributed by atoms with Gasteiger partial charge in [0.2, 0.25) is 0 Å². The molecule has 78 valence electrons. The highest BCUT2D eigenvalue weighted by atomic mass is 16.3. The summed E-state index contributed by atoms with van der Waals surface area (Å²) in [6.07, 6.45) is -0.500. The van der Waals surface area contributed by atoms with Gasteiger partial charge in [0.15, 0.2) is 0 Å². The molecule has 0 fully saturated rings. The van der Waals surface area contributed by atoms with Crippen LogP contribution in [0.1, 0.15) is 43.9 Å². The van der Waals surface area contributed by atoms with Gasteiger partial charge >= 0.3 is 0 Å². The minimum absolute atomic E-state index is 0.281. The van der Waals surface area contributed by atoms with Gasteiger partial charge in [0, 0.05) is 0 Å². The molecular formula is C12H19NO. The second-order valence-electron chi connectivity index (χ2n) is 4.09. The van der Waals surface area contributed by atoms with Crippen molar-refractivity contribution in [2.24, 2.45) is 5.73 Å². The Kier molecular flexibility index (Phi) is 3.67. The molecule has 0 aliphatic rings. The van der Waals surface area contributed by atoms with Crippen molar-refractivity contribution in [1.82, 2.24) is 0 Å². The lowest BCUT2D eigenvalue weighted by molar-refractivity contribution is 0.164. The van der Waals surface area contributed by atoms with Crippen LogP contribution in [0.4, 0.5) is 0 Å². The molecule has 2 atom stereocenters. The molecule has 0 amide bonds. The molecule has 0 saturated heterocycles. The van der Waals surface area contributed by atoms with Crippen molar-refractivity contribution in [1.29, 1.82) is 0 Å². The predicted molar refractivity (Wildman–Crippen MR) is 59.1 cm³/mol. The molecule has 0 aliphatic carbocycles. The lowest BCUT2D eigenvalue weighted by atomic mass is 9.98. The highest BCUT2D eigenvalue weighted by Crippen LogP contribution is 2.19. The Labute approximate surface area is 85.8 Å². The molecule has 0 radical (unpaired) electrons. The second-order valence-corrected chi connectivity index (χ2v) is 4.09. The molecule has 0 heterocycles. The number of aliphatic hydroxyl groups excluding tert-OH is 1. The van der Waals surface area contributed by atoms with Gasteiger partial charge in [-0.1, -0.05) is 38.1 Å². The third-order valence-corrected chi connectivity index (χ3v) is 2.51. The van der Waals surface area contributed by atoms with E-state index in [4.69, 9.17) is 5.73 Å². The van der Waals surface area contributed by atoms with E-state index in [0.29, 0.717) is 5.92 Å². The van der Waals surface area contributed by atoms with Crippen molar-refractivity contribution in [3.05, 3.63) is 35.4 Å². The molecule has 2 nitrogen and oxygen atoms in total. The standard InChI is InChI=1S/C12H19NO/c1-8(2)10-4-6-11(7-5-10)12(13)9(3)14/h4-9,12,14H,13H2,1-3H3/t9-,12+/m0/s1. The number of hydrogen-bond donors (Lipinski definition) is 2.